The lowest BCUT2D eigenvalue weighted by molar-refractivity contribution is -0.137. The summed E-state index contributed by atoms with van der Waals surface area (Å²) in [6, 6.07) is 4.74. The maximum absolute atomic E-state index is 12.9. The zero-order valence-corrected chi connectivity index (χ0v) is 16.1. The van der Waals surface area contributed by atoms with Crippen molar-refractivity contribution in [2.24, 2.45) is 0 Å². The molecule has 1 saturated heterocycles. The predicted molar refractivity (Wildman–Crippen MR) is 95.6 cm³/mol. The largest absolute Gasteiger partial charge is 0.416 e. The van der Waals surface area contributed by atoms with Crippen molar-refractivity contribution >= 4 is 10.0 Å². The number of alkyl halides is 3. The Morgan fingerprint density at radius 1 is 1.32 bits per heavy atom. The van der Waals surface area contributed by atoms with Crippen LogP contribution in [0.1, 0.15) is 30.7 Å². The topological polar surface area (TPSA) is 88.3 Å². The van der Waals surface area contributed by atoms with Crippen LogP contribution in [0, 0.1) is 0 Å². The lowest BCUT2D eigenvalue weighted by atomic mass is 10.0. The van der Waals surface area contributed by atoms with Crippen LogP contribution < -0.4 is 4.72 Å². The van der Waals surface area contributed by atoms with E-state index in [0.717, 1.165) is 44.2 Å². The molecule has 0 saturated carbocycles. The van der Waals surface area contributed by atoms with E-state index in [4.69, 9.17) is 4.52 Å². The highest BCUT2D eigenvalue weighted by Crippen LogP contribution is 2.31. The van der Waals surface area contributed by atoms with Crippen LogP contribution in [0.5, 0.6) is 0 Å². The number of halogens is 3. The molecular formula is C17H21F3N4O3S. The minimum atomic E-state index is -4.45. The van der Waals surface area contributed by atoms with Crippen molar-refractivity contribution in [1.82, 2.24) is 19.8 Å². The Hall–Kier alpha value is -1.98. The molecule has 7 nitrogen and oxygen atoms in total. The maximum Gasteiger partial charge on any atom is 0.416 e. The first-order valence-corrected chi connectivity index (χ1v) is 10.7. The number of benzene rings is 1. The second-order valence-corrected chi connectivity index (χ2v) is 8.66. The third-order valence-corrected chi connectivity index (χ3v) is 5.28. The van der Waals surface area contributed by atoms with Crippen molar-refractivity contribution in [3.05, 3.63) is 35.7 Å². The van der Waals surface area contributed by atoms with Gasteiger partial charge in [-0.2, -0.15) is 18.2 Å². The van der Waals surface area contributed by atoms with Gasteiger partial charge in [-0.3, -0.25) is 4.90 Å². The van der Waals surface area contributed by atoms with Crippen molar-refractivity contribution in [3.63, 3.8) is 0 Å². The van der Waals surface area contributed by atoms with Crippen molar-refractivity contribution in [2.75, 3.05) is 19.3 Å². The van der Waals surface area contributed by atoms with Gasteiger partial charge in [0.1, 0.15) is 0 Å². The van der Waals surface area contributed by atoms with Gasteiger partial charge >= 0.3 is 6.18 Å². The van der Waals surface area contributed by atoms with Gasteiger partial charge in [-0.25, -0.2) is 13.1 Å². The summed E-state index contributed by atoms with van der Waals surface area (Å²) in [6.45, 7) is 1.34. The van der Waals surface area contributed by atoms with Crippen LogP contribution in [0.15, 0.2) is 28.8 Å². The van der Waals surface area contributed by atoms with Gasteiger partial charge in [-0.05, 0) is 31.5 Å². The normalized spacial score (nSPS) is 19.1. The summed E-state index contributed by atoms with van der Waals surface area (Å²) in [5, 5.41) is 3.79. The number of nitrogens with one attached hydrogen (secondary N) is 1. The van der Waals surface area contributed by atoms with E-state index in [2.05, 4.69) is 14.9 Å². The third kappa shape index (κ3) is 5.52. The van der Waals surface area contributed by atoms with Crippen molar-refractivity contribution in [1.29, 1.82) is 0 Å². The molecule has 0 bridgehead atoms. The fourth-order valence-electron chi connectivity index (χ4n) is 3.19. The second kappa shape index (κ2) is 8.18. The highest BCUT2D eigenvalue weighted by atomic mass is 32.2. The van der Waals surface area contributed by atoms with Gasteiger partial charge in [0.15, 0.2) is 0 Å². The zero-order valence-electron chi connectivity index (χ0n) is 15.2. The Morgan fingerprint density at radius 2 is 2.11 bits per heavy atom. The van der Waals surface area contributed by atoms with E-state index in [9.17, 15) is 21.6 Å². The molecule has 1 fully saturated rings. The van der Waals surface area contributed by atoms with Crippen LogP contribution in [-0.4, -0.2) is 48.8 Å². The first-order chi connectivity index (χ1) is 13.1. The molecule has 1 aromatic heterocycles. The average molecular weight is 418 g/mol. The Bertz CT molecular complexity index is 914. The van der Waals surface area contributed by atoms with Gasteiger partial charge in [-0.15, -0.1) is 0 Å². The van der Waals surface area contributed by atoms with E-state index in [1.54, 1.807) is 0 Å². The second-order valence-electron chi connectivity index (χ2n) is 6.83. The minimum absolute atomic E-state index is 0.00705. The van der Waals surface area contributed by atoms with E-state index in [1.165, 1.54) is 12.1 Å². The van der Waals surface area contributed by atoms with Crippen molar-refractivity contribution in [3.8, 4) is 11.4 Å². The molecule has 28 heavy (non-hydrogen) atoms. The van der Waals surface area contributed by atoms with Crippen molar-refractivity contribution in [2.45, 2.75) is 38.0 Å². The van der Waals surface area contributed by atoms with Gasteiger partial charge in [0.25, 0.3) is 0 Å². The van der Waals surface area contributed by atoms with E-state index in [0.29, 0.717) is 6.54 Å². The molecule has 1 unspecified atom stereocenters. The zero-order chi connectivity index (χ0) is 20.4. The molecule has 0 radical (unpaired) electrons. The summed E-state index contributed by atoms with van der Waals surface area (Å²) in [7, 11) is -3.29. The molecule has 2 aromatic rings. The summed E-state index contributed by atoms with van der Waals surface area (Å²) in [6.07, 6.45) is -0.553. The highest BCUT2D eigenvalue weighted by molar-refractivity contribution is 7.88. The monoisotopic (exact) mass is 418 g/mol. The van der Waals surface area contributed by atoms with Gasteiger partial charge in [-0.1, -0.05) is 23.7 Å². The first-order valence-electron chi connectivity index (χ1n) is 8.81. The number of aromatic nitrogens is 2. The van der Waals surface area contributed by atoms with E-state index < -0.39 is 21.8 Å². The molecule has 0 amide bonds. The summed E-state index contributed by atoms with van der Waals surface area (Å²) in [5.41, 5.74) is -0.557. The molecule has 3 rings (SSSR count). The quantitative estimate of drug-likeness (QED) is 0.776. The van der Waals surface area contributed by atoms with Gasteiger partial charge in [0, 0.05) is 18.2 Å². The molecule has 0 aliphatic carbocycles. The fourth-order valence-corrected chi connectivity index (χ4v) is 3.69. The molecule has 1 atom stereocenters. The standard InChI is InChI=1S/C17H21F3N4O3S/c1-28(25,26)21-10-14-7-2-3-8-24(14)11-15-22-16(23-27-15)12-5-4-6-13(9-12)17(18,19)20/h4-6,9,14,21H,2-3,7-8,10-11H2,1H3. The molecular weight excluding hydrogens is 397 g/mol. The molecule has 154 valence electrons. The molecule has 1 N–H and O–H groups in total. The molecule has 1 aromatic carbocycles. The summed E-state index contributed by atoms with van der Waals surface area (Å²) < 4.78 is 69.1. The van der Waals surface area contributed by atoms with Crippen LogP contribution >= 0.6 is 0 Å². The molecule has 11 heteroatoms. The predicted octanol–water partition coefficient (Wildman–Crippen LogP) is 2.66. The highest BCUT2D eigenvalue weighted by Gasteiger charge is 2.31. The Balaban J connectivity index is 1.71. The Kier molecular flexibility index (Phi) is 6.06. The summed E-state index contributed by atoms with van der Waals surface area (Å²) in [4.78, 5) is 6.26. The Labute approximate surface area is 161 Å². The lowest BCUT2D eigenvalue weighted by Crippen LogP contribution is -2.46. The molecule has 2 heterocycles. The molecule has 1 aliphatic rings. The Morgan fingerprint density at radius 3 is 2.82 bits per heavy atom. The van der Waals surface area contributed by atoms with Gasteiger partial charge in [0.2, 0.25) is 21.7 Å². The van der Waals surface area contributed by atoms with Crippen LogP contribution in [0.3, 0.4) is 0 Å². The first kappa shape index (κ1) is 20.7. The van der Waals surface area contributed by atoms with Gasteiger partial charge < -0.3 is 4.52 Å². The van der Waals surface area contributed by atoms with Gasteiger partial charge in [0.05, 0.1) is 18.4 Å². The van der Waals surface area contributed by atoms with Crippen molar-refractivity contribution < 1.29 is 26.1 Å². The van der Waals surface area contributed by atoms with E-state index >= 15 is 0 Å². The lowest BCUT2D eigenvalue weighted by Gasteiger charge is -2.34. The number of hydrogen-bond acceptors (Lipinski definition) is 6. The number of likely N-dealkylation sites (tertiary alicyclic amines) is 1. The number of rotatable bonds is 6. The fraction of sp³-hybridized carbons (Fsp3) is 0.529. The maximum atomic E-state index is 12.9. The number of hydrogen-bond donors (Lipinski definition) is 1. The minimum Gasteiger partial charge on any atom is -0.338 e. The summed E-state index contributed by atoms with van der Waals surface area (Å²) >= 11 is 0. The smallest absolute Gasteiger partial charge is 0.338 e. The molecule has 1 aliphatic heterocycles. The molecule has 0 spiro atoms. The number of nitrogens with zero attached hydrogens (tertiary/aromatic N) is 3. The average Bonchev–Trinajstić information content (AvgIpc) is 3.08. The number of piperidine rings is 1. The SMILES string of the molecule is CS(=O)(=O)NCC1CCCCN1Cc1nc(-c2cccc(C(F)(F)F)c2)no1. The van der Waals surface area contributed by atoms with Crippen LogP contribution in [0.4, 0.5) is 13.2 Å². The third-order valence-electron chi connectivity index (χ3n) is 4.58. The van der Waals surface area contributed by atoms with E-state index in [1.807, 2.05) is 4.90 Å². The number of sulfonamides is 1. The van der Waals surface area contributed by atoms with Crippen LogP contribution in [0.25, 0.3) is 11.4 Å². The van der Waals surface area contributed by atoms with Crippen LogP contribution in [-0.2, 0) is 22.7 Å². The van der Waals surface area contributed by atoms with Crippen LogP contribution in [0.2, 0.25) is 0 Å². The van der Waals surface area contributed by atoms with E-state index in [-0.39, 0.29) is 29.9 Å². The summed E-state index contributed by atoms with van der Waals surface area (Å²) in [5.74, 6) is 0.364.